The number of halogens is 2. The fraction of sp³-hybridized carbons (Fsp3) is 0.158. The molecule has 5 rings (SSSR count). The number of aromatic nitrogens is 5. The number of hydrogen-bond donors (Lipinski definition) is 4. The Labute approximate surface area is 172 Å². The number of aromatic amines is 2. The maximum Gasteiger partial charge on any atom is 0.326 e. The third-order valence-corrected chi connectivity index (χ3v) is 4.80. The molecule has 3 heterocycles. The Kier molecular flexibility index (Phi) is 4.28. The van der Waals surface area contributed by atoms with Crippen molar-refractivity contribution in [1.82, 2.24) is 24.6 Å². The highest BCUT2D eigenvalue weighted by Crippen LogP contribution is 2.24. The first kappa shape index (κ1) is 18.4. The smallest absolute Gasteiger partial charge is 0.326 e. The second kappa shape index (κ2) is 6.99. The molecule has 152 valence electrons. The van der Waals surface area contributed by atoms with E-state index in [2.05, 4.69) is 30.4 Å². The molecule has 4 N–H and O–H groups in total. The zero-order chi connectivity index (χ0) is 20.8. The first-order valence-electron chi connectivity index (χ1n) is 9.14. The van der Waals surface area contributed by atoms with Gasteiger partial charge in [-0.1, -0.05) is 11.6 Å². The molecule has 1 fully saturated rings. The highest BCUT2D eigenvalue weighted by molar-refractivity contribution is 6.30. The summed E-state index contributed by atoms with van der Waals surface area (Å²) in [5.74, 6) is -0.417. The molecular weight excluding hydrogens is 413 g/mol. The Bertz CT molecular complexity index is 1450. The van der Waals surface area contributed by atoms with E-state index in [1.807, 2.05) is 0 Å². The summed E-state index contributed by atoms with van der Waals surface area (Å²) in [6.07, 6.45) is 5.07. The van der Waals surface area contributed by atoms with Gasteiger partial charge in [-0.2, -0.15) is 9.61 Å². The molecule has 0 radical (unpaired) electrons. The van der Waals surface area contributed by atoms with Gasteiger partial charge in [-0.05, 0) is 37.1 Å². The molecule has 0 atom stereocenters. The summed E-state index contributed by atoms with van der Waals surface area (Å²) in [4.78, 5) is 25.3. The van der Waals surface area contributed by atoms with Gasteiger partial charge in [-0.25, -0.2) is 14.2 Å². The molecule has 9 nitrogen and oxygen atoms in total. The van der Waals surface area contributed by atoms with Crippen LogP contribution >= 0.6 is 11.6 Å². The van der Waals surface area contributed by atoms with Gasteiger partial charge in [0.25, 0.3) is 0 Å². The third kappa shape index (κ3) is 3.52. The van der Waals surface area contributed by atoms with Gasteiger partial charge in [-0.3, -0.25) is 9.98 Å². The summed E-state index contributed by atoms with van der Waals surface area (Å²) in [5, 5.41) is 18.0. The van der Waals surface area contributed by atoms with Gasteiger partial charge in [0, 0.05) is 16.3 Å². The van der Waals surface area contributed by atoms with Crippen LogP contribution in [0.1, 0.15) is 18.5 Å². The van der Waals surface area contributed by atoms with Crippen LogP contribution in [0.2, 0.25) is 5.02 Å². The van der Waals surface area contributed by atoms with Crippen molar-refractivity contribution in [3.63, 3.8) is 0 Å². The lowest BCUT2D eigenvalue weighted by atomic mass is 10.3. The summed E-state index contributed by atoms with van der Waals surface area (Å²) >= 11 is 5.98. The maximum atomic E-state index is 14.2. The van der Waals surface area contributed by atoms with Gasteiger partial charge in [0.05, 0.1) is 17.9 Å². The third-order valence-electron chi connectivity index (χ3n) is 4.57. The molecular formula is C19H15ClFN7O2. The van der Waals surface area contributed by atoms with Crippen LogP contribution in [0, 0.1) is 5.82 Å². The van der Waals surface area contributed by atoms with Gasteiger partial charge in [0.15, 0.2) is 11.1 Å². The molecule has 1 aliphatic carbocycles. The minimum absolute atomic E-state index is 0.175. The van der Waals surface area contributed by atoms with Crippen molar-refractivity contribution in [2.24, 2.45) is 4.99 Å². The Morgan fingerprint density at radius 2 is 2.17 bits per heavy atom. The SMILES string of the molecule is O=c1[nH]c(O)c(/C=c2/cnn3c(=NC4CC4)cc(Nc4cc(Cl)ccc4F)nc23)[nH]1. The number of nitrogens with one attached hydrogen (secondary N) is 3. The van der Waals surface area contributed by atoms with E-state index < -0.39 is 11.5 Å². The van der Waals surface area contributed by atoms with E-state index in [4.69, 9.17) is 11.6 Å². The van der Waals surface area contributed by atoms with Crippen LogP contribution in [-0.2, 0) is 0 Å². The molecule has 0 saturated heterocycles. The average Bonchev–Trinajstić information content (AvgIpc) is 3.34. The quantitative estimate of drug-likeness (QED) is 0.394. The molecule has 1 aromatic carbocycles. The zero-order valence-corrected chi connectivity index (χ0v) is 16.1. The van der Waals surface area contributed by atoms with Crippen LogP contribution in [0.15, 0.2) is 40.2 Å². The van der Waals surface area contributed by atoms with Crippen molar-refractivity contribution < 1.29 is 9.50 Å². The maximum absolute atomic E-state index is 14.2. The van der Waals surface area contributed by atoms with Crippen LogP contribution in [0.5, 0.6) is 5.88 Å². The Balaban J connectivity index is 1.69. The second-order valence-corrected chi connectivity index (χ2v) is 7.37. The van der Waals surface area contributed by atoms with Crippen molar-refractivity contribution >= 4 is 34.8 Å². The first-order chi connectivity index (χ1) is 14.5. The number of nitrogens with zero attached hydrogens (tertiary/aromatic N) is 4. The summed E-state index contributed by atoms with van der Waals surface area (Å²) in [6.45, 7) is 0. The van der Waals surface area contributed by atoms with E-state index in [9.17, 15) is 14.3 Å². The number of aromatic hydroxyl groups is 1. The molecule has 30 heavy (non-hydrogen) atoms. The second-order valence-electron chi connectivity index (χ2n) is 6.93. The normalized spacial score (nSPS) is 15.3. The van der Waals surface area contributed by atoms with E-state index >= 15 is 0 Å². The van der Waals surface area contributed by atoms with E-state index in [1.54, 1.807) is 16.8 Å². The molecule has 4 aromatic rings. The minimum Gasteiger partial charge on any atom is -0.493 e. The molecule has 0 spiro atoms. The summed E-state index contributed by atoms with van der Waals surface area (Å²) in [6, 6.07) is 6.08. The van der Waals surface area contributed by atoms with E-state index in [1.165, 1.54) is 24.3 Å². The van der Waals surface area contributed by atoms with Gasteiger partial charge in [0.2, 0.25) is 5.88 Å². The highest BCUT2D eigenvalue weighted by Gasteiger charge is 2.20. The number of rotatable bonds is 4. The number of hydrogen-bond acceptors (Lipinski definition) is 6. The van der Waals surface area contributed by atoms with Crippen LogP contribution in [-0.4, -0.2) is 35.7 Å². The van der Waals surface area contributed by atoms with Crippen molar-refractivity contribution in [2.45, 2.75) is 18.9 Å². The van der Waals surface area contributed by atoms with Gasteiger partial charge in [-0.15, -0.1) is 0 Å². The number of anilines is 2. The fourth-order valence-electron chi connectivity index (χ4n) is 2.99. The fourth-order valence-corrected chi connectivity index (χ4v) is 3.16. The van der Waals surface area contributed by atoms with Crippen LogP contribution in [0.25, 0.3) is 11.7 Å². The van der Waals surface area contributed by atoms with E-state index in [0.717, 1.165) is 12.8 Å². The number of H-pyrrole nitrogens is 2. The van der Waals surface area contributed by atoms with Crippen LogP contribution in [0.4, 0.5) is 15.9 Å². The number of imidazole rings is 1. The topological polar surface area (TPSA) is 123 Å². The van der Waals surface area contributed by atoms with Crippen molar-refractivity contribution in [3.05, 3.63) is 68.2 Å². The minimum atomic E-state index is -0.536. The summed E-state index contributed by atoms with van der Waals surface area (Å²) < 4.78 is 15.7. The predicted molar refractivity (Wildman–Crippen MR) is 108 cm³/mol. The molecule has 0 aliphatic heterocycles. The first-order valence-corrected chi connectivity index (χ1v) is 9.52. The zero-order valence-electron chi connectivity index (χ0n) is 15.4. The Hall–Kier alpha value is -3.66. The Morgan fingerprint density at radius 1 is 1.33 bits per heavy atom. The standard InChI is InChI=1S/C19H15ClFN7O2/c20-10-1-4-12(21)13(6-10)24-15-7-16(23-11-2-3-11)28-17(26-15)9(8-22-28)5-14-18(29)27-19(30)25-14/h1,4-8,11,24,29H,2-3H2,(H2,25,27,30)/b9-5-,23-16?. The lowest BCUT2D eigenvalue weighted by Crippen LogP contribution is -2.20. The molecule has 1 saturated carbocycles. The largest absolute Gasteiger partial charge is 0.493 e. The predicted octanol–water partition coefficient (Wildman–Crippen LogP) is 1.60. The molecule has 3 aromatic heterocycles. The van der Waals surface area contributed by atoms with E-state index in [0.29, 0.717) is 27.2 Å². The molecule has 11 heteroatoms. The van der Waals surface area contributed by atoms with Crippen molar-refractivity contribution in [1.29, 1.82) is 0 Å². The molecule has 1 aliphatic rings. The summed E-state index contributed by atoms with van der Waals surface area (Å²) in [5.41, 5.74) is 0.805. The van der Waals surface area contributed by atoms with Crippen LogP contribution < -0.4 is 21.7 Å². The highest BCUT2D eigenvalue weighted by atomic mass is 35.5. The number of fused-ring (bicyclic) bond motifs is 1. The lowest BCUT2D eigenvalue weighted by molar-refractivity contribution is 0.454. The van der Waals surface area contributed by atoms with Gasteiger partial charge in [0.1, 0.15) is 17.3 Å². The number of benzene rings is 1. The molecule has 0 unspecified atom stereocenters. The molecule has 0 amide bonds. The summed E-state index contributed by atoms with van der Waals surface area (Å²) in [7, 11) is 0. The lowest BCUT2D eigenvalue weighted by Gasteiger charge is -2.08. The van der Waals surface area contributed by atoms with Gasteiger partial charge >= 0.3 is 5.69 Å². The molecule has 0 bridgehead atoms. The van der Waals surface area contributed by atoms with E-state index in [-0.39, 0.29) is 23.3 Å². The van der Waals surface area contributed by atoms with Gasteiger partial charge < -0.3 is 15.4 Å². The van der Waals surface area contributed by atoms with Crippen LogP contribution in [0.3, 0.4) is 0 Å². The average molecular weight is 428 g/mol. The Morgan fingerprint density at radius 3 is 2.90 bits per heavy atom. The van der Waals surface area contributed by atoms with Crippen molar-refractivity contribution in [2.75, 3.05) is 5.32 Å². The van der Waals surface area contributed by atoms with Crippen molar-refractivity contribution in [3.8, 4) is 5.88 Å². The monoisotopic (exact) mass is 427 g/mol.